The largest absolute Gasteiger partial charge is 0.481 e. The van der Waals surface area contributed by atoms with Gasteiger partial charge >= 0.3 is 5.97 Å². The van der Waals surface area contributed by atoms with Crippen LogP contribution in [0.2, 0.25) is 0 Å². The second-order valence-electron chi connectivity index (χ2n) is 4.73. The van der Waals surface area contributed by atoms with E-state index in [1.165, 1.54) is 10.5 Å². The number of thiophene rings is 1. The maximum absolute atomic E-state index is 11.1. The normalized spacial score (nSPS) is 18.7. The van der Waals surface area contributed by atoms with Gasteiger partial charge in [0.2, 0.25) is 0 Å². The van der Waals surface area contributed by atoms with Gasteiger partial charge in [-0.2, -0.15) is 0 Å². The third-order valence-electron chi connectivity index (χ3n) is 3.37. The van der Waals surface area contributed by atoms with Crippen molar-refractivity contribution in [1.29, 1.82) is 0 Å². The van der Waals surface area contributed by atoms with Crippen LogP contribution in [0.1, 0.15) is 28.9 Å². The van der Waals surface area contributed by atoms with Crippen molar-refractivity contribution in [3.05, 3.63) is 52.2 Å². The number of fused-ring (bicyclic) bond motifs is 1. The van der Waals surface area contributed by atoms with Crippen molar-refractivity contribution in [3.8, 4) is 0 Å². The van der Waals surface area contributed by atoms with E-state index in [0.717, 1.165) is 10.6 Å². The molecular weight excluding hydrogens is 290 g/mol. The third kappa shape index (κ3) is 2.90. The lowest BCUT2D eigenvalue weighted by molar-refractivity contribution is -0.137. The molecule has 1 aromatic heterocycles. The van der Waals surface area contributed by atoms with Gasteiger partial charge in [-0.25, -0.2) is 0 Å². The van der Waals surface area contributed by atoms with Crippen molar-refractivity contribution < 1.29 is 9.90 Å². The van der Waals surface area contributed by atoms with Crippen LogP contribution in [0.15, 0.2) is 46.7 Å². The van der Waals surface area contributed by atoms with E-state index in [2.05, 4.69) is 17.4 Å². The SMILES string of the molecule is O=C(O)CC(NC1CSc2ccccc21)c1cccs1. The number of carboxylic acids is 1. The van der Waals surface area contributed by atoms with Crippen LogP contribution in [0.25, 0.3) is 0 Å². The fraction of sp³-hybridized carbons (Fsp3) is 0.267. The van der Waals surface area contributed by atoms with E-state index in [1.807, 2.05) is 41.4 Å². The van der Waals surface area contributed by atoms with Crippen LogP contribution in [-0.2, 0) is 4.79 Å². The lowest BCUT2D eigenvalue weighted by Gasteiger charge is -2.21. The number of carboxylic acid groups (broad SMARTS) is 1. The number of hydrogen-bond acceptors (Lipinski definition) is 4. The molecule has 2 aromatic rings. The highest BCUT2D eigenvalue weighted by Gasteiger charge is 2.27. The van der Waals surface area contributed by atoms with Crippen LogP contribution >= 0.6 is 23.1 Å². The third-order valence-corrected chi connectivity index (χ3v) is 5.54. The lowest BCUT2D eigenvalue weighted by atomic mass is 10.1. The monoisotopic (exact) mass is 305 g/mol. The zero-order valence-electron chi connectivity index (χ0n) is 10.8. The van der Waals surface area contributed by atoms with Crippen LogP contribution in [0.4, 0.5) is 0 Å². The summed E-state index contributed by atoms with van der Waals surface area (Å²) in [6.07, 6.45) is 0.115. The number of rotatable bonds is 5. The Kier molecular flexibility index (Phi) is 4.10. The molecule has 1 aromatic carbocycles. The molecule has 3 nitrogen and oxygen atoms in total. The molecule has 20 heavy (non-hydrogen) atoms. The molecule has 0 bridgehead atoms. The molecule has 0 fully saturated rings. The van der Waals surface area contributed by atoms with E-state index in [-0.39, 0.29) is 18.5 Å². The topological polar surface area (TPSA) is 49.3 Å². The van der Waals surface area contributed by atoms with Gasteiger partial charge in [0.15, 0.2) is 0 Å². The first-order valence-corrected chi connectivity index (χ1v) is 8.33. The minimum absolute atomic E-state index is 0.115. The van der Waals surface area contributed by atoms with Gasteiger partial charge in [-0.15, -0.1) is 23.1 Å². The molecule has 0 aliphatic carbocycles. The Morgan fingerprint density at radius 2 is 2.20 bits per heavy atom. The molecule has 5 heteroatoms. The van der Waals surface area contributed by atoms with Crippen molar-refractivity contribution in [3.63, 3.8) is 0 Å². The van der Waals surface area contributed by atoms with Gasteiger partial charge in [0.05, 0.1) is 12.5 Å². The molecule has 2 unspecified atom stereocenters. The molecule has 0 spiro atoms. The second kappa shape index (κ2) is 5.99. The first kappa shape index (κ1) is 13.7. The summed E-state index contributed by atoms with van der Waals surface area (Å²) in [7, 11) is 0. The molecule has 0 amide bonds. The smallest absolute Gasteiger partial charge is 0.305 e. The van der Waals surface area contributed by atoms with E-state index < -0.39 is 5.97 Å². The standard InChI is InChI=1S/C15H15NO2S2/c17-15(18)8-11(14-6-3-7-19-14)16-12-9-20-13-5-2-1-4-10(12)13/h1-7,11-12,16H,8-9H2,(H,17,18). The molecule has 2 N–H and O–H groups in total. The number of hydrogen-bond donors (Lipinski definition) is 2. The highest BCUT2D eigenvalue weighted by molar-refractivity contribution is 7.99. The Bertz CT molecular complexity index is 598. The summed E-state index contributed by atoms with van der Waals surface area (Å²) in [5.41, 5.74) is 1.28. The Labute approximate surface area is 126 Å². The summed E-state index contributed by atoms with van der Waals surface area (Å²) >= 11 is 3.43. The maximum Gasteiger partial charge on any atom is 0.305 e. The fourth-order valence-corrected chi connectivity index (χ4v) is 4.41. The van der Waals surface area contributed by atoms with Crippen molar-refractivity contribution in [2.45, 2.75) is 23.4 Å². The molecular formula is C15H15NO2S2. The van der Waals surface area contributed by atoms with Gasteiger partial charge < -0.3 is 10.4 Å². The van der Waals surface area contributed by atoms with E-state index >= 15 is 0 Å². The van der Waals surface area contributed by atoms with Crippen LogP contribution in [0.5, 0.6) is 0 Å². The summed E-state index contributed by atoms with van der Waals surface area (Å²) in [6, 6.07) is 12.4. The second-order valence-corrected chi connectivity index (χ2v) is 6.78. The average Bonchev–Trinajstić information content (AvgIpc) is 3.07. The minimum Gasteiger partial charge on any atom is -0.481 e. The molecule has 2 atom stereocenters. The Hall–Kier alpha value is -1.30. The average molecular weight is 305 g/mol. The first-order chi connectivity index (χ1) is 9.74. The van der Waals surface area contributed by atoms with Crippen LogP contribution < -0.4 is 5.32 Å². The molecule has 2 heterocycles. The van der Waals surface area contributed by atoms with Crippen LogP contribution in [0, 0.1) is 0 Å². The summed E-state index contributed by atoms with van der Waals surface area (Å²) in [4.78, 5) is 13.5. The quantitative estimate of drug-likeness (QED) is 0.884. The Morgan fingerprint density at radius 3 is 2.95 bits per heavy atom. The predicted molar refractivity (Wildman–Crippen MR) is 82.4 cm³/mol. The van der Waals surface area contributed by atoms with E-state index in [0.29, 0.717) is 0 Å². The zero-order chi connectivity index (χ0) is 13.9. The summed E-state index contributed by atoms with van der Waals surface area (Å²) in [5, 5.41) is 14.6. The van der Waals surface area contributed by atoms with Crippen molar-refractivity contribution >= 4 is 29.1 Å². The van der Waals surface area contributed by atoms with Crippen LogP contribution in [-0.4, -0.2) is 16.8 Å². The van der Waals surface area contributed by atoms with E-state index in [1.54, 1.807) is 11.3 Å². The van der Waals surface area contributed by atoms with Gasteiger partial charge in [0.25, 0.3) is 0 Å². The fourth-order valence-electron chi connectivity index (χ4n) is 2.45. The number of nitrogens with one attached hydrogen (secondary N) is 1. The molecule has 0 saturated carbocycles. The summed E-state index contributed by atoms with van der Waals surface area (Å²) in [5.74, 6) is 0.190. The number of carbonyl (C=O) groups is 1. The molecule has 1 aliphatic heterocycles. The van der Waals surface area contributed by atoms with Crippen molar-refractivity contribution in [2.75, 3.05) is 5.75 Å². The van der Waals surface area contributed by atoms with Gasteiger partial charge in [-0.1, -0.05) is 24.3 Å². The highest BCUT2D eigenvalue weighted by atomic mass is 32.2. The Balaban J connectivity index is 1.79. The minimum atomic E-state index is -0.769. The maximum atomic E-state index is 11.1. The molecule has 0 saturated heterocycles. The van der Waals surface area contributed by atoms with Gasteiger partial charge in [-0.3, -0.25) is 4.79 Å². The summed E-state index contributed by atoms with van der Waals surface area (Å²) in [6.45, 7) is 0. The molecule has 1 aliphatic rings. The number of thioether (sulfide) groups is 1. The highest BCUT2D eigenvalue weighted by Crippen LogP contribution is 2.39. The summed E-state index contributed by atoms with van der Waals surface area (Å²) < 4.78 is 0. The lowest BCUT2D eigenvalue weighted by Crippen LogP contribution is -2.27. The van der Waals surface area contributed by atoms with E-state index in [9.17, 15) is 4.79 Å². The first-order valence-electron chi connectivity index (χ1n) is 6.47. The van der Waals surface area contributed by atoms with E-state index in [4.69, 9.17) is 5.11 Å². The molecule has 3 rings (SSSR count). The Morgan fingerprint density at radius 1 is 1.35 bits per heavy atom. The molecule has 104 valence electrons. The predicted octanol–water partition coefficient (Wildman–Crippen LogP) is 3.70. The van der Waals surface area contributed by atoms with Gasteiger partial charge in [-0.05, 0) is 23.1 Å². The van der Waals surface area contributed by atoms with Crippen molar-refractivity contribution in [1.82, 2.24) is 5.32 Å². The van der Waals surface area contributed by atoms with Crippen molar-refractivity contribution in [2.24, 2.45) is 0 Å². The number of aliphatic carboxylic acids is 1. The molecule has 0 radical (unpaired) electrons. The number of benzene rings is 1. The van der Waals surface area contributed by atoms with Gasteiger partial charge in [0, 0.05) is 21.6 Å². The zero-order valence-corrected chi connectivity index (χ0v) is 12.4. The van der Waals surface area contributed by atoms with Gasteiger partial charge in [0.1, 0.15) is 0 Å². The van der Waals surface area contributed by atoms with Crippen LogP contribution in [0.3, 0.4) is 0 Å².